The van der Waals surface area contributed by atoms with Crippen molar-refractivity contribution in [2.75, 3.05) is 0 Å². The Hall–Kier alpha value is -3.36. The van der Waals surface area contributed by atoms with E-state index in [-0.39, 0.29) is 17.9 Å². The van der Waals surface area contributed by atoms with Crippen molar-refractivity contribution >= 4 is 11.0 Å². The molecule has 0 aliphatic rings. The van der Waals surface area contributed by atoms with Gasteiger partial charge in [0, 0.05) is 11.8 Å². The summed E-state index contributed by atoms with van der Waals surface area (Å²) in [6, 6.07) is 6.63. The summed E-state index contributed by atoms with van der Waals surface area (Å²) in [5.74, 6) is -1.67. The second kappa shape index (κ2) is 5.37. The van der Waals surface area contributed by atoms with Gasteiger partial charge in [0.15, 0.2) is 5.65 Å². The van der Waals surface area contributed by atoms with E-state index in [4.69, 9.17) is 0 Å². The summed E-state index contributed by atoms with van der Waals surface area (Å²) >= 11 is 0. The van der Waals surface area contributed by atoms with Crippen LogP contribution >= 0.6 is 0 Å². The zero-order valence-electron chi connectivity index (χ0n) is 12.0. The Kier molecular flexibility index (Phi) is 3.19. The first-order valence-corrected chi connectivity index (χ1v) is 6.93. The van der Waals surface area contributed by atoms with Crippen LogP contribution in [0.25, 0.3) is 22.6 Å². The molecule has 0 saturated heterocycles. The monoisotopic (exact) mass is 329 g/mol. The molecule has 0 spiro atoms. The molecule has 0 atom stereocenters. The molecule has 0 aliphatic heterocycles. The molecule has 1 N–H and O–H groups in total. The third kappa shape index (κ3) is 2.35. The molecule has 4 aromatic rings. The van der Waals surface area contributed by atoms with Crippen LogP contribution in [0.1, 0.15) is 5.56 Å². The first-order chi connectivity index (χ1) is 11.6. The Labute approximate surface area is 132 Å². The normalized spacial score (nSPS) is 11.2. The zero-order chi connectivity index (χ0) is 16.7. The maximum Gasteiger partial charge on any atom is 0.439 e. The Bertz CT molecular complexity index is 1100. The highest BCUT2D eigenvalue weighted by molar-refractivity contribution is 5.88. The van der Waals surface area contributed by atoms with Crippen LogP contribution < -0.4 is 5.76 Å². The number of nitrogens with zero attached hydrogens (tertiary/aromatic N) is 4. The number of halogens is 2. The Morgan fingerprint density at radius 1 is 1.25 bits per heavy atom. The van der Waals surface area contributed by atoms with E-state index >= 15 is 0 Å². The average molecular weight is 329 g/mol. The lowest BCUT2D eigenvalue weighted by atomic mass is 10.2. The van der Waals surface area contributed by atoms with Crippen LogP contribution in [0.15, 0.2) is 45.8 Å². The summed E-state index contributed by atoms with van der Waals surface area (Å²) in [6.45, 7) is -0.0286. The molecule has 1 aromatic carbocycles. The van der Waals surface area contributed by atoms with Gasteiger partial charge in [0.05, 0.1) is 11.9 Å². The van der Waals surface area contributed by atoms with E-state index in [0.29, 0.717) is 16.7 Å². The van der Waals surface area contributed by atoms with Gasteiger partial charge in [-0.1, -0.05) is 5.16 Å². The van der Waals surface area contributed by atoms with Crippen LogP contribution in [-0.2, 0) is 6.54 Å². The molecule has 0 saturated carbocycles. The number of aromatic amines is 1. The van der Waals surface area contributed by atoms with Crippen molar-refractivity contribution in [3.05, 3.63) is 64.3 Å². The van der Waals surface area contributed by atoms with Gasteiger partial charge in [-0.05, 0) is 30.3 Å². The first-order valence-electron chi connectivity index (χ1n) is 6.93. The molecule has 0 amide bonds. The van der Waals surface area contributed by atoms with Crippen LogP contribution in [0.4, 0.5) is 8.78 Å². The van der Waals surface area contributed by atoms with Gasteiger partial charge >= 0.3 is 5.76 Å². The van der Waals surface area contributed by atoms with Crippen LogP contribution in [0.5, 0.6) is 0 Å². The molecule has 0 bridgehead atoms. The number of H-pyrrole nitrogens is 1. The summed E-state index contributed by atoms with van der Waals surface area (Å²) in [4.78, 5) is 17.8. The second-order valence-electron chi connectivity index (χ2n) is 5.06. The first kappa shape index (κ1) is 14.2. The Morgan fingerprint density at radius 3 is 2.92 bits per heavy atom. The van der Waals surface area contributed by atoms with Crippen molar-refractivity contribution in [2.45, 2.75) is 6.54 Å². The predicted molar refractivity (Wildman–Crippen MR) is 79.1 cm³/mol. The minimum absolute atomic E-state index is 0.0286. The van der Waals surface area contributed by atoms with Gasteiger partial charge in [-0.2, -0.15) is 5.10 Å². The molecule has 120 valence electrons. The Morgan fingerprint density at radius 2 is 2.12 bits per heavy atom. The highest BCUT2D eigenvalue weighted by atomic mass is 19.1. The fourth-order valence-electron chi connectivity index (χ4n) is 2.45. The number of hydrogen-bond acceptors (Lipinski definition) is 5. The van der Waals surface area contributed by atoms with E-state index in [1.165, 1.54) is 4.68 Å². The van der Waals surface area contributed by atoms with Gasteiger partial charge in [-0.3, -0.25) is 9.51 Å². The highest BCUT2D eigenvalue weighted by Crippen LogP contribution is 2.24. The maximum atomic E-state index is 13.9. The number of fused-ring (bicyclic) bond motifs is 1. The summed E-state index contributed by atoms with van der Waals surface area (Å²) in [5, 5.41) is 8.51. The predicted octanol–water partition coefficient (Wildman–Crippen LogP) is 2.10. The fraction of sp³-hybridized carbons (Fsp3) is 0.0667. The van der Waals surface area contributed by atoms with Crippen molar-refractivity contribution in [1.82, 2.24) is 24.9 Å². The van der Waals surface area contributed by atoms with Gasteiger partial charge < -0.3 is 0 Å². The van der Waals surface area contributed by atoms with Gasteiger partial charge in [-0.15, -0.1) is 0 Å². The molecule has 0 radical (unpaired) electrons. The molecule has 0 fully saturated rings. The number of nitrogens with one attached hydrogen (secondary N) is 1. The lowest BCUT2D eigenvalue weighted by Gasteiger charge is -2.04. The molecule has 24 heavy (non-hydrogen) atoms. The molecule has 9 heteroatoms. The zero-order valence-corrected chi connectivity index (χ0v) is 12.0. The fourth-order valence-corrected chi connectivity index (χ4v) is 2.45. The van der Waals surface area contributed by atoms with Crippen LogP contribution in [0.2, 0.25) is 0 Å². The van der Waals surface area contributed by atoms with E-state index in [0.717, 1.165) is 18.2 Å². The number of benzene rings is 1. The van der Waals surface area contributed by atoms with Gasteiger partial charge in [0.25, 0.3) is 0 Å². The lowest BCUT2D eigenvalue weighted by Crippen LogP contribution is -2.05. The van der Waals surface area contributed by atoms with Crippen molar-refractivity contribution in [2.24, 2.45) is 0 Å². The van der Waals surface area contributed by atoms with E-state index in [2.05, 4.69) is 24.7 Å². The average Bonchev–Trinajstić information content (AvgIpc) is 3.15. The quantitative estimate of drug-likeness (QED) is 0.622. The molecule has 7 nitrogen and oxygen atoms in total. The third-order valence-corrected chi connectivity index (χ3v) is 3.50. The molecule has 3 aromatic heterocycles. The summed E-state index contributed by atoms with van der Waals surface area (Å²) in [6.07, 6.45) is 1.55. The number of aromatic nitrogens is 5. The largest absolute Gasteiger partial charge is 0.439 e. The summed E-state index contributed by atoms with van der Waals surface area (Å²) in [7, 11) is 0. The minimum Gasteiger partial charge on any atom is -0.296 e. The molecule has 4 rings (SSSR count). The van der Waals surface area contributed by atoms with Crippen molar-refractivity contribution in [3.63, 3.8) is 0 Å². The van der Waals surface area contributed by atoms with Gasteiger partial charge in [0.2, 0.25) is 5.82 Å². The standard InChI is InChI=1S/C15H9F2N5O2/c16-9-3-4-11(17)8(6-9)7-22-14-10(2-1-5-18-14)12(20-22)13-19-15(23)24-21-13/h1-6H,7H2,(H,19,21,23). The SMILES string of the molecule is O=c1[nH]c(-c2nn(Cc3cc(F)ccc3F)c3ncccc23)no1. The van der Waals surface area contributed by atoms with Crippen molar-refractivity contribution in [1.29, 1.82) is 0 Å². The van der Waals surface area contributed by atoms with Crippen molar-refractivity contribution in [3.8, 4) is 11.5 Å². The maximum absolute atomic E-state index is 13.9. The topological polar surface area (TPSA) is 89.6 Å². The van der Waals surface area contributed by atoms with Crippen LogP contribution in [0, 0.1) is 11.6 Å². The van der Waals surface area contributed by atoms with E-state index in [9.17, 15) is 13.6 Å². The number of rotatable bonds is 3. The number of pyridine rings is 1. The summed E-state index contributed by atoms with van der Waals surface area (Å²) < 4.78 is 33.2. The van der Waals surface area contributed by atoms with Gasteiger partial charge in [0.1, 0.15) is 17.3 Å². The second-order valence-corrected chi connectivity index (χ2v) is 5.06. The third-order valence-electron chi connectivity index (χ3n) is 3.50. The molecule has 0 aliphatic carbocycles. The Balaban J connectivity index is 1.87. The van der Waals surface area contributed by atoms with Gasteiger partial charge in [-0.25, -0.2) is 23.2 Å². The molecule has 3 heterocycles. The summed E-state index contributed by atoms with van der Waals surface area (Å²) in [5.41, 5.74) is 0.908. The van der Waals surface area contributed by atoms with E-state index in [1.54, 1.807) is 18.3 Å². The highest BCUT2D eigenvalue weighted by Gasteiger charge is 2.17. The molecular formula is C15H9F2N5O2. The van der Waals surface area contributed by atoms with E-state index < -0.39 is 17.4 Å². The smallest absolute Gasteiger partial charge is 0.296 e. The number of hydrogen-bond donors (Lipinski definition) is 1. The van der Waals surface area contributed by atoms with Crippen LogP contribution in [-0.4, -0.2) is 24.9 Å². The van der Waals surface area contributed by atoms with E-state index in [1.807, 2.05) is 0 Å². The van der Waals surface area contributed by atoms with Crippen molar-refractivity contribution < 1.29 is 13.3 Å². The minimum atomic E-state index is -0.715. The molecule has 0 unspecified atom stereocenters. The van der Waals surface area contributed by atoms with Crippen LogP contribution in [0.3, 0.4) is 0 Å². The molecular weight excluding hydrogens is 320 g/mol. The lowest BCUT2D eigenvalue weighted by molar-refractivity contribution is 0.387.